The van der Waals surface area contributed by atoms with E-state index < -0.39 is 5.54 Å². The first-order chi connectivity index (χ1) is 10.3. The van der Waals surface area contributed by atoms with Crippen LogP contribution in [-0.2, 0) is 19.9 Å². The average Bonchev–Trinajstić information content (AvgIpc) is 3.08. The second kappa shape index (κ2) is 7.79. The van der Waals surface area contributed by atoms with Gasteiger partial charge in [0.2, 0.25) is 5.91 Å². The molecule has 3 N–H and O–H groups in total. The Morgan fingerprint density at radius 2 is 2.17 bits per heavy atom. The molecule has 1 fully saturated rings. The zero-order valence-corrected chi connectivity index (χ0v) is 14.6. The molecule has 1 aromatic heterocycles. The van der Waals surface area contributed by atoms with Crippen LogP contribution in [0.2, 0.25) is 0 Å². The van der Waals surface area contributed by atoms with Crippen molar-refractivity contribution in [2.75, 3.05) is 11.9 Å². The summed E-state index contributed by atoms with van der Waals surface area (Å²) in [5.74, 6) is -0.449. The second-order valence-corrected chi connectivity index (χ2v) is 6.21. The fourth-order valence-corrected chi connectivity index (χ4v) is 2.59. The number of carbonyl (C=O) groups is 2. The highest BCUT2D eigenvalue weighted by Crippen LogP contribution is 2.26. The third kappa shape index (κ3) is 4.45. The Balaban J connectivity index is 0.00000264. The van der Waals surface area contributed by atoms with Gasteiger partial charge in [-0.1, -0.05) is 0 Å². The first-order valence-corrected chi connectivity index (χ1v) is 7.63. The molecule has 1 aliphatic rings. The lowest BCUT2D eigenvalue weighted by Gasteiger charge is -2.22. The van der Waals surface area contributed by atoms with Crippen LogP contribution in [0.15, 0.2) is 12.4 Å². The first-order valence-electron chi connectivity index (χ1n) is 7.63. The molecule has 1 heterocycles. The average molecular weight is 345 g/mol. The van der Waals surface area contributed by atoms with Crippen molar-refractivity contribution in [2.24, 2.45) is 11.7 Å². The number of anilines is 1. The summed E-state index contributed by atoms with van der Waals surface area (Å²) in [5.41, 5.74) is 5.48. The highest BCUT2D eigenvalue weighted by molar-refractivity contribution is 5.92. The molecule has 0 aromatic carbocycles. The van der Waals surface area contributed by atoms with Gasteiger partial charge in [0, 0.05) is 18.2 Å². The minimum atomic E-state index is -0.922. The largest absolute Gasteiger partial charge is 0.464 e. The zero-order valence-electron chi connectivity index (χ0n) is 13.7. The van der Waals surface area contributed by atoms with Crippen LogP contribution in [0.3, 0.4) is 0 Å². The minimum Gasteiger partial charge on any atom is -0.464 e. The maximum Gasteiger partial charge on any atom is 0.333 e. The van der Waals surface area contributed by atoms with E-state index in [1.54, 1.807) is 27.0 Å². The molecule has 23 heavy (non-hydrogen) atoms. The number of nitrogens with zero attached hydrogens (tertiary/aromatic N) is 2. The number of halogens is 1. The summed E-state index contributed by atoms with van der Waals surface area (Å²) < 4.78 is 6.54. The third-order valence-electron chi connectivity index (χ3n) is 4.04. The number of amides is 1. The molecular weight excluding hydrogens is 320 g/mol. The maximum atomic E-state index is 12.2. The van der Waals surface area contributed by atoms with Crippen LogP contribution in [0.4, 0.5) is 5.69 Å². The number of hydrogen-bond donors (Lipinski definition) is 2. The first kappa shape index (κ1) is 19.4. The van der Waals surface area contributed by atoms with Gasteiger partial charge in [-0.25, -0.2) is 4.79 Å². The Labute approximate surface area is 142 Å². The van der Waals surface area contributed by atoms with Gasteiger partial charge in [0.25, 0.3) is 0 Å². The number of nitrogens with one attached hydrogen (secondary N) is 1. The molecule has 1 amide bonds. The standard InChI is InChI=1S/C15H24N4O3.ClH/c1-4-22-14(21)15(2,3)19-9-12(8-17-19)18-13(20)10-5-6-11(16)7-10;/h8-11H,4-7,16H2,1-3H3,(H,18,20);1H. The van der Waals surface area contributed by atoms with Gasteiger partial charge in [-0.15, -0.1) is 12.4 Å². The molecule has 1 aromatic rings. The summed E-state index contributed by atoms with van der Waals surface area (Å²) in [6, 6.07) is 0.112. The molecule has 1 aliphatic carbocycles. The maximum absolute atomic E-state index is 12.2. The van der Waals surface area contributed by atoms with Gasteiger partial charge in [0.1, 0.15) is 0 Å². The molecule has 2 unspecified atom stereocenters. The van der Waals surface area contributed by atoms with Crippen LogP contribution in [0, 0.1) is 5.92 Å². The van der Waals surface area contributed by atoms with E-state index >= 15 is 0 Å². The molecule has 0 aliphatic heterocycles. The molecule has 7 nitrogen and oxygen atoms in total. The number of ether oxygens (including phenoxy) is 1. The van der Waals surface area contributed by atoms with E-state index in [0.717, 1.165) is 12.8 Å². The van der Waals surface area contributed by atoms with Crippen LogP contribution < -0.4 is 11.1 Å². The number of rotatable bonds is 5. The van der Waals surface area contributed by atoms with Crippen LogP contribution >= 0.6 is 12.4 Å². The van der Waals surface area contributed by atoms with Gasteiger partial charge < -0.3 is 15.8 Å². The Bertz CT molecular complexity index is 559. The molecule has 0 spiro atoms. The van der Waals surface area contributed by atoms with E-state index in [1.807, 2.05) is 0 Å². The van der Waals surface area contributed by atoms with Crippen LogP contribution in [0.1, 0.15) is 40.0 Å². The zero-order chi connectivity index (χ0) is 16.3. The molecular formula is C15H25ClN4O3. The molecule has 2 atom stereocenters. The molecule has 2 rings (SSSR count). The third-order valence-corrected chi connectivity index (χ3v) is 4.04. The Kier molecular flexibility index (Phi) is 6.58. The fraction of sp³-hybridized carbons (Fsp3) is 0.667. The number of carbonyl (C=O) groups excluding carboxylic acids is 2. The van der Waals surface area contributed by atoms with E-state index in [1.165, 1.54) is 10.9 Å². The number of esters is 1. The highest BCUT2D eigenvalue weighted by Gasteiger charge is 2.33. The molecule has 8 heteroatoms. The van der Waals surface area contributed by atoms with Crippen molar-refractivity contribution < 1.29 is 14.3 Å². The monoisotopic (exact) mass is 344 g/mol. The Hall–Kier alpha value is -1.60. The van der Waals surface area contributed by atoms with Crippen molar-refractivity contribution in [3.05, 3.63) is 12.4 Å². The topological polar surface area (TPSA) is 99.2 Å². The van der Waals surface area contributed by atoms with E-state index in [-0.39, 0.29) is 36.2 Å². The lowest BCUT2D eigenvalue weighted by atomic mass is 10.1. The highest BCUT2D eigenvalue weighted by atomic mass is 35.5. The summed E-state index contributed by atoms with van der Waals surface area (Å²) in [5, 5.41) is 7.00. The predicted octanol–water partition coefficient (Wildman–Crippen LogP) is 1.67. The van der Waals surface area contributed by atoms with Crippen LogP contribution in [-0.4, -0.2) is 34.3 Å². The predicted molar refractivity (Wildman–Crippen MR) is 89.4 cm³/mol. The quantitative estimate of drug-likeness (QED) is 0.791. The van der Waals surface area contributed by atoms with Crippen molar-refractivity contribution in [3.8, 4) is 0 Å². The molecule has 1 saturated carbocycles. The van der Waals surface area contributed by atoms with Crippen molar-refractivity contribution in [1.29, 1.82) is 0 Å². The van der Waals surface area contributed by atoms with E-state index in [0.29, 0.717) is 18.7 Å². The summed E-state index contributed by atoms with van der Waals surface area (Å²) >= 11 is 0. The molecule has 130 valence electrons. The van der Waals surface area contributed by atoms with Crippen LogP contribution in [0.5, 0.6) is 0 Å². The second-order valence-electron chi connectivity index (χ2n) is 6.21. The van der Waals surface area contributed by atoms with Gasteiger partial charge in [-0.05, 0) is 40.0 Å². The Morgan fingerprint density at radius 3 is 2.74 bits per heavy atom. The van der Waals surface area contributed by atoms with Crippen molar-refractivity contribution in [3.63, 3.8) is 0 Å². The molecule has 0 radical (unpaired) electrons. The minimum absolute atomic E-state index is 0. The van der Waals surface area contributed by atoms with Gasteiger partial charge >= 0.3 is 5.97 Å². The molecule has 0 saturated heterocycles. The van der Waals surface area contributed by atoms with Gasteiger partial charge in [0.05, 0.1) is 18.5 Å². The summed E-state index contributed by atoms with van der Waals surface area (Å²) in [7, 11) is 0. The van der Waals surface area contributed by atoms with Gasteiger partial charge in [-0.2, -0.15) is 5.10 Å². The van der Waals surface area contributed by atoms with Crippen molar-refractivity contribution in [1.82, 2.24) is 9.78 Å². The fourth-order valence-electron chi connectivity index (χ4n) is 2.59. The Morgan fingerprint density at radius 1 is 1.48 bits per heavy atom. The number of hydrogen-bond acceptors (Lipinski definition) is 5. The van der Waals surface area contributed by atoms with Crippen molar-refractivity contribution >= 4 is 30.0 Å². The van der Waals surface area contributed by atoms with Gasteiger partial charge in [-0.3, -0.25) is 9.48 Å². The summed E-state index contributed by atoms with van der Waals surface area (Å²) in [4.78, 5) is 24.1. The number of nitrogens with two attached hydrogens (primary N) is 1. The summed E-state index contributed by atoms with van der Waals surface area (Å²) in [6.45, 7) is 5.52. The SMILES string of the molecule is CCOC(=O)C(C)(C)n1cc(NC(=O)C2CCC(N)C2)cn1.Cl. The van der Waals surface area contributed by atoms with Crippen LogP contribution in [0.25, 0.3) is 0 Å². The smallest absolute Gasteiger partial charge is 0.333 e. The van der Waals surface area contributed by atoms with Gasteiger partial charge in [0.15, 0.2) is 5.54 Å². The van der Waals surface area contributed by atoms with Crippen molar-refractivity contribution in [2.45, 2.75) is 51.6 Å². The summed E-state index contributed by atoms with van der Waals surface area (Å²) in [6.07, 6.45) is 5.59. The van der Waals surface area contributed by atoms with E-state index in [2.05, 4.69) is 10.4 Å². The number of aromatic nitrogens is 2. The lowest BCUT2D eigenvalue weighted by molar-refractivity contribution is -0.152. The van der Waals surface area contributed by atoms with E-state index in [4.69, 9.17) is 10.5 Å². The van der Waals surface area contributed by atoms with E-state index in [9.17, 15) is 9.59 Å². The lowest BCUT2D eigenvalue weighted by Crippen LogP contribution is -2.37. The normalized spacial score (nSPS) is 20.7. The molecule has 0 bridgehead atoms.